The molecule has 0 saturated carbocycles. The molecular weight excluding hydrogens is 106 g/mol. The number of hydrogen-bond acceptors (Lipinski definition) is 2. The van der Waals surface area contributed by atoms with E-state index >= 15 is 0 Å². The molecular formula is C4H7N3O. The van der Waals surface area contributed by atoms with Crippen molar-refractivity contribution in [2.75, 3.05) is 0 Å². The van der Waals surface area contributed by atoms with Gasteiger partial charge in [-0.1, -0.05) is 5.11 Å². The minimum Gasteiger partial charge on any atom is -0.303 e. The zero-order valence-corrected chi connectivity index (χ0v) is 3.83. The van der Waals surface area contributed by atoms with Gasteiger partial charge in [0.1, 0.15) is 6.29 Å². The van der Waals surface area contributed by atoms with Crippen LogP contribution in [0.15, 0.2) is 5.11 Å². The summed E-state index contributed by atoms with van der Waals surface area (Å²) >= 11 is 0. The monoisotopic (exact) mass is 119 g/mol. The van der Waals surface area contributed by atoms with Gasteiger partial charge in [0.05, 0.1) is 5.54 Å². The van der Waals surface area contributed by atoms with Crippen molar-refractivity contribution in [2.24, 2.45) is 5.11 Å². The van der Waals surface area contributed by atoms with Crippen molar-refractivity contribution >= 4 is 6.29 Å². The molecule has 0 aromatic carbocycles. The van der Waals surface area contributed by atoms with Crippen LogP contribution in [-0.2, 0) is 4.79 Å². The summed E-state index contributed by atoms with van der Waals surface area (Å²) in [5.41, 5.74) is 5.05. The van der Waals surface area contributed by atoms with Crippen LogP contribution in [0, 0.1) is 0 Å². The number of carbonyl (C=O) groups is 1. The smallest absolute Gasteiger partial charge is 0.131 e. The van der Waals surface area contributed by atoms with Gasteiger partial charge in [0, 0.05) is 13.1 Å². The molecule has 0 spiro atoms. The van der Waals surface area contributed by atoms with Gasteiger partial charge in [0.25, 0.3) is 0 Å². The van der Waals surface area contributed by atoms with E-state index in [-0.39, 0.29) is 6.29 Å². The lowest BCUT2D eigenvalue weighted by Gasteiger charge is -2.03. The van der Waals surface area contributed by atoms with Crippen LogP contribution >= 0.6 is 0 Å². The zero-order valence-electron chi connectivity index (χ0n) is 9.83. The highest BCUT2D eigenvalue weighted by molar-refractivity contribution is 5.62. The lowest BCUT2D eigenvalue weighted by molar-refractivity contribution is -0.111. The Balaban J connectivity index is 5.68. The molecule has 0 atom stereocenters. The van der Waals surface area contributed by atoms with Crippen LogP contribution in [0.3, 0.4) is 0 Å². The van der Waals surface area contributed by atoms with E-state index in [2.05, 4.69) is 10.0 Å². The van der Waals surface area contributed by atoms with E-state index in [1.165, 1.54) is 0 Å². The van der Waals surface area contributed by atoms with Gasteiger partial charge in [0.15, 0.2) is 0 Å². The van der Waals surface area contributed by atoms with Gasteiger partial charge in [-0.25, -0.2) is 0 Å². The highest BCUT2D eigenvalue weighted by Crippen LogP contribution is 2.02. The average Bonchev–Trinajstić information content (AvgIpc) is 1.94. The highest BCUT2D eigenvalue weighted by Gasteiger charge is 2.11. The van der Waals surface area contributed by atoms with Gasteiger partial charge < -0.3 is 4.79 Å². The van der Waals surface area contributed by atoms with E-state index in [9.17, 15) is 4.79 Å². The number of hydrogen-bond donors (Lipinski definition) is 0. The maximum Gasteiger partial charge on any atom is 0.131 e. The van der Waals surface area contributed by atoms with Crippen LogP contribution < -0.4 is 0 Å². The van der Waals surface area contributed by atoms with Crippen LogP contribution in [0.1, 0.15) is 21.9 Å². The minimum atomic E-state index is -3.20. The fraction of sp³-hybridized carbons (Fsp3) is 0.750. The molecule has 0 unspecified atom stereocenters. The van der Waals surface area contributed by atoms with E-state index in [1.807, 2.05) is 0 Å². The molecule has 0 aliphatic carbocycles. The lowest BCUT2D eigenvalue weighted by atomic mass is 10.1. The molecule has 4 nitrogen and oxygen atoms in total. The second kappa shape index (κ2) is 2.33. The van der Waals surface area contributed by atoms with Crippen molar-refractivity contribution in [1.29, 1.82) is 0 Å². The van der Waals surface area contributed by atoms with Gasteiger partial charge in [-0.3, -0.25) is 0 Å². The summed E-state index contributed by atoms with van der Waals surface area (Å²) in [7, 11) is 0. The van der Waals surface area contributed by atoms with Crippen molar-refractivity contribution in [2.45, 2.75) is 19.2 Å². The van der Waals surface area contributed by atoms with E-state index in [4.69, 9.17) is 13.8 Å². The maximum absolute atomic E-state index is 10.5. The predicted octanol–water partition coefficient (Wildman–Crippen LogP) is 1.27. The quantitative estimate of drug-likeness (QED) is 0.233. The van der Waals surface area contributed by atoms with Crippen LogP contribution in [-0.4, -0.2) is 11.8 Å². The molecule has 0 aromatic heterocycles. The summed E-state index contributed by atoms with van der Waals surface area (Å²) in [6.45, 7) is -6.40. The Morgan fingerprint density at radius 2 is 2.62 bits per heavy atom. The third-order valence-electron chi connectivity index (χ3n) is 0.373. The molecule has 0 radical (unpaired) electrons. The van der Waals surface area contributed by atoms with Crippen LogP contribution in [0.5, 0.6) is 0 Å². The molecule has 0 heterocycles. The third kappa shape index (κ3) is 2.21. The molecule has 0 fully saturated rings. The molecule has 0 bridgehead atoms. The molecule has 0 N–H and O–H groups in total. The Morgan fingerprint density at radius 1 is 2.00 bits per heavy atom. The standard InChI is InChI=1S/C4H7N3O/c1-4(2,3-8)6-7-5/h3H,1-2H3/i1D3,2D3. The van der Waals surface area contributed by atoms with E-state index in [1.54, 1.807) is 0 Å². The Morgan fingerprint density at radius 3 is 2.75 bits per heavy atom. The van der Waals surface area contributed by atoms with Crippen LogP contribution in [0.25, 0.3) is 10.4 Å². The molecule has 44 valence electrons. The molecule has 0 rings (SSSR count). The average molecular weight is 119 g/mol. The summed E-state index contributed by atoms with van der Waals surface area (Å²) in [6.07, 6.45) is -0.354. The molecule has 0 amide bonds. The third-order valence-corrected chi connectivity index (χ3v) is 0.373. The van der Waals surface area contributed by atoms with Gasteiger partial charge in [-0.2, -0.15) is 0 Å². The Hall–Kier alpha value is -1.02. The highest BCUT2D eigenvalue weighted by atomic mass is 16.1. The number of aldehydes is 1. The number of azide groups is 1. The summed E-state index contributed by atoms with van der Waals surface area (Å²) in [4.78, 5) is 12.6. The maximum atomic E-state index is 10.5. The molecule has 0 aliphatic rings. The lowest BCUT2D eigenvalue weighted by Crippen LogP contribution is -2.16. The SMILES string of the molecule is [2H]C([2H])([2H])C(C=O)(N=[N+]=[N-])C([2H])([2H])[2H]. The van der Waals surface area contributed by atoms with Gasteiger partial charge in [-0.05, 0) is 19.2 Å². The zero-order chi connectivity index (χ0) is 11.6. The first-order chi connectivity index (χ1) is 6.12. The summed E-state index contributed by atoms with van der Waals surface area (Å²) < 4.78 is 41.2. The summed E-state index contributed by atoms with van der Waals surface area (Å²) in [5, 5.41) is 2.60. The fourth-order valence-corrected chi connectivity index (χ4v) is 0.0941. The molecule has 0 aromatic rings. The summed E-state index contributed by atoms with van der Waals surface area (Å²) in [6, 6.07) is 0. The van der Waals surface area contributed by atoms with Gasteiger partial charge >= 0.3 is 0 Å². The topological polar surface area (TPSA) is 65.8 Å². The van der Waals surface area contributed by atoms with Crippen LogP contribution in [0.4, 0.5) is 0 Å². The first-order valence-corrected chi connectivity index (χ1v) is 1.65. The van der Waals surface area contributed by atoms with Crippen molar-refractivity contribution in [3.63, 3.8) is 0 Å². The molecule has 0 saturated heterocycles. The van der Waals surface area contributed by atoms with Gasteiger partial charge in [0.2, 0.25) is 0 Å². The number of nitrogens with zero attached hydrogens (tertiary/aromatic N) is 3. The van der Waals surface area contributed by atoms with Crippen molar-refractivity contribution in [3.05, 3.63) is 10.4 Å². The molecule has 0 aliphatic heterocycles. The van der Waals surface area contributed by atoms with Crippen molar-refractivity contribution in [3.8, 4) is 0 Å². The number of rotatable bonds is 2. The Kier molecular flexibility index (Phi) is 0.506. The second-order valence-corrected chi connectivity index (χ2v) is 1.07. The first kappa shape index (κ1) is 1.74. The van der Waals surface area contributed by atoms with E-state index < -0.39 is 19.2 Å². The van der Waals surface area contributed by atoms with Crippen molar-refractivity contribution in [1.82, 2.24) is 0 Å². The first-order valence-electron chi connectivity index (χ1n) is 4.65. The Bertz CT molecular complexity index is 260. The minimum absolute atomic E-state index is 0.354. The van der Waals surface area contributed by atoms with Crippen LogP contribution in [0.2, 0.25) is 0 Å². The fourth-order valence-electron chi connectivity index (χ4n) is 0.0941. The molecule has 4 heteroatoms. The predicted molar refractivity (Wildman–Crippen MR) is 29.3 cm³/mol. The van der Waals surface area contributed by atoms with Gasteiger partial charge in [-0.15, -0.1) is 0 Å². The van der Waals surface area contributed by atoms with E-state index in [0.29, 0.717) is 0 Å². The summed E-state index contributed by atoms with van der Waals surface area (Å²) in [5.74, 6) is 0. The largest absolute Gasteiger partial charge is 0.303 e. The van der Waals surface area contributed by atoms with Crippen molar-refractivity contribution < 1.29 is 13.0 Å². The number of carbonyl (C=O) groups excluding carboxylic acids is 1. The molecule has 8 heavy (non-hydrogen) atoms. The second-order valence-electron chi connectivity index (χ2n) is 1.07. The Labute approximate surface area is 55.6 Å². The van der Waals surface area contributed by atoms with E-state index in [0.717, 1.165) is 0 Å². The normalized spacial score (nSPS) is 24.0.